The van der Waals surface area contributed by atoms with Crippen molar-refractivity contribution in [3.8, 4) is 5.88 Å². The Morgan fingerprint density at radius 1 is 1.39 bits per heavy atom. The summed E-state index contributed by atoms with van der Waals surface area (Å²) in [5.74, 6) is 1.15. The van der Waals surface area contributed by atoms with Gasteiger partial charge in [0.25, 0.3) is 5.88 Å². The number of ether oxygens (including phenoxy) is 1. The van der Waals surface area contributed by atoms with Gasteiger partial charge in [-0.3, -0.25) is 0 Å². The lowest BCUT2D eigenvalue weighted by atomic mass is 9.80. The van der Waals surface area contributed by atoms with Gasteiger partial charge in [0, 0.05) is 11.8 Å². The van der Waals surface area contributed by atoms with Crippen LogP contribution in [0.1, 0.15) is 38.7 Å². The fourth-order valence-electron chi connectivity index (χ4n) is 2.41. The highest BCUT2D eigenvalue weighted by atomic mass is 35.5. The van der Waals surface area contributed by atoms with E-state index in [2.05, 4.69) is 18.8 Å². The summed E-state index contributed by atoms with van der Waals surface area (Å²) < 4.78 is 19.6. The van der Waals surface area contributed by atoms with Gasteiger partial charge in [-0.25, -0.2) is 9.37 Å². The number of pyridine rings is 1. The average molecular weight is 272 g/mol. The van der Waals surface area contributed by atoms with Crippen LogP contribution in [-0.4, -0.2) is 11.1 Å². The summed E-state index contributed by atoms with van der Waals surface area (Å²) in [5.41, 5.74) is 0.443. The van der Waals surface area contributed by atoms with Gasteiger partial charge in [0.15, 0.2) is 5.82 Å². The second kappa shape index (κ2) is 5.87. The highest BCUT2D eigenvalue weighted by molar-refractivity contribution is 6.17. The van der Waals surface area contributed by atoms with Gasteiger partial charge in [0.2, 0.25) is 0 Å². The number of hydrogen-bond donors (Lipinski definition) is 0. The minimum absolute atomic E-state index is 0.0729. The van der Waals surface area contributed by atoms with Crippen LogP contribution in [0.25, 0.3) is 0 Å². The maximum Gasteiger partial charge on any atom is 0.250 e. The lowest BCUT2D eigenvalue weighted by Crippen LogP contribution is -2.29. The quantitative estimate of drug-likeness (QED) is 0.770. The van der Waals surface area contributed by atoms with Crippen molar-refractivity contribution in [3.63, 3.8) is 0 Å². The molecule has 3 atom stereocenters. The Kier molecular flexibility index (Phi) is 4.44. The highest BCUT2D eigenvalue weighted by Gasteiger charge is 2.27. The van der Waals surface area contributed by atoms with Crippen LogP contribution >= 0.6 is 11.6 Å². The number of nitrogens with zero attached hydrogens (tertiary/aromatic N) is 1. The molecule has 3 unspecified atom stereocenters. The van der Waals surface area contributed by atoms with Crippen molar-refractivity contribution in [3.05, 3.63) is 23.6 Å². The molecule has 1 aliphatic carbocycles. The van der Waals surface area contributed by atoms with Gasteiger partial charge in [-0.1, -0.05) is 13.8 Å². The molecule has 0 saturated heterocycles. The van der Waals surface area contributed by atoms with Gasteiger partial charge in [-0.15, -0.1) is 11.6 Å². The largest absolute Gasteiger partial charge is 0.472 e. The Balaban J connectivity index is 2.06. The van der Waals surface area contributed by atoms with E-state index in [1.54, 1.807) is 12.3 Å². The summed E-state index contributed by atoms with van der Waals surface area (Å²) in [5, 5.41) is 0. The van der Waals surface area contributed by atoms with Gasteiger partial charge >= 0.3 is 0 Å². The highest BCUT2D eigenvalue weighted by Crippen LogP contribution is 2.32. The van der Waals surface area contributed by atoms with Crippen LogP contribution in [0, 0.1) is 17.7 Å². The third-order valence-corrected chi connectivity index (χ3v) is 4.20. The zero-order valence-electron chi connectivity index (χ0n) is 10.8. The van der Waals surface area contributed by atoms with E-state index in [0.29, 0.717) is 11.5 Å². The molecular weight excluding hydrogens is 253 g/mol. The van der Waals surface area contributed by atoms with Gasteiger partial charge in [-0.05, 0) is 37.2 Å². The molecule has 0 N–H and O–H groups in total. The zero-order valence-corrected chi connectivity index (χ0v) is 11.6. The van der Waals surface area contributed by atoms with Crippen LogP contribution in [0.4, 0.5) is 4.39 Å². The van der Waals surface area contributed by atoms with Crippen LogP contribution in [0.3, 0.4) is 0 Å². The minimum Gasteiger partial charge on any atom is -0.472 e. The minimum atomic E-state index is -0.418. The van der Waals surface area contributed by atoms with Crippen molar-refractivity contribution in [2.24, 2.45) is 11.8 Å². The predicted octanol–water partition coefficient (Wildman–Crippen LogP) is 4.16. The van der Waals surface area contributed by atoms with E-state index in [4.69, 9.17) is 16.3 Å². The molecule has 1 heterocycles. The Morgan fingerprint density at radius 2 is 2.17 bits per heavy atom. The molecule has 1 aromatic rings. The second-order valence-corrected chi connectivity index (χ2v) is 5.50. The van der Waals surface area contributed by atoms with Crippen molar-refractivity contribution in [2.75, 3.05) is 0 Å². The maximum absolute atomic E-state index is 13.9. The molecule has 2 rings (SSSR count). The molecular formula is C14H19ClFNO. The normalized spacial score (nSPS) is 28.1. The van der Waals surface area contributed by atoms with E-state index in [1.165, 1.54) is 0 Å². The van der Waals surface area contributed by atoms with E-state index in [1.807, 2.05) is 0 Å². The predicted molar refractivity (Wildman–Crippen MR) is 70.3 cm³/mol. The summed E-state index contributed by atoms with van der Waals surface area (Å²) in [4.78, 5) is 3.97. The Morgan fingerprint density at radius 3 is 2.83 bits per heavy atom. The monoisotopic (exact) mass is 271 g/mol. The van der Waals surface area contributed by atoms with Crippen LogP contribution in [-0.2, 0) is 5.88 Å². The first kappa shape index (κ1) is 13.6. The lowest BCUT2D eigenvalue weighted by molar-refractivity contribution is 0.0921. The van der Waals surface area contributed by atoms with Gasteiger partial charge < -0.3 is 4.74 Å². The molecule has 0 aliphatic heterocycles. The molecule has 1 saturated carbocycles. The number of alkyl halides is 1. The first-order valence-electron chi connectivity index (χ1n) is 6.47. The van der Waals surface area contributed by atoms with Crippen LogP contribution in [0.2, 0.25) is 0 Å². The molecule has 0 aromatic carbocycles. The molecule has 0 bridgehead atoms. The molecule has 1 fully saturated rings. The van der Waals surface area contributed by atoms with Gasteiger partial charge in [-0.2, -0.15) is 0 Å². The third kappa shape index (κ3) is 2.94. The topological polar surface area (TPSA) is 22.1 Å². The van der Waals surface area contributed by atoms with E-state index in [9.17, 15) is 4.39 Å². The molecule has 1 aromatic heterocycles. The summed E-state index contributed by atoms with van der Waals surface area (Å²) in [6.45, 7) is 4.48. The molecule has 100 valence electrons. The molecule has 4 heteroatoms. The van der Waals surface area contributed by atoms with E-state index in [-0.39, 0.29) is 17.9 Å². The Bertz CT molecular complexity index is 413. The van der Waals surface area contributed by atoms with Crippen LogP contribution in [0.15, 0.2) is 12.3 Å². The van der Waals surface area contributed by atoms with Crippen LogP contribution < -0.4 is 4.74 Å². The fraction of sp³-hybridized carbons (Fsp3) is 0.643. The molecule has 0 spiro atoms. The summed E-state index contributed by atoms with van der Waals surface area (Å²) in [6, 6.07) is 1.58. The van der Waals surface area contributed by atoms with E-state index < -0.39 is 5.82 Å². The summed E-state index contributed by atoms with van der Waals surface area (Å²) in [6.07, 6.45) is 4.68. The summed E-state index contributed by atoms with van der Waals surface area (Å²) >= 11 is 5.67. The van der Waals surface area contributed by atoms with E-state index >= 15 is 0 Å². The standard InChI is InChI=1S/C14H19ClFNO/c1-9-3-4-12(7-10(9)2)18-14-13(16)11(8-15)5-6-17-14/h5-6,9-10,12H,3-4,7-8H2,1-2H3. The smallest absolute Gasteiger partial charge is 0.250 e. The van der Waals surface area contributed by atoms with Gasteiger partial charge in [0.1, 0.15) is 6.10 Å². The van der Waals surface area contributed by atoms with Crippen molar-refractivity contribution in [1.82, 2.24) is 4.98 Å². The maximum atomic E-state index is 13.9. The number of aromatic nitrogens is 1. The molecule has 0 amide bonds. The molecule has 2 nitrogen and oxygen atoms in total. The number of rotatable bonds is 3. The van der Waals surface area contributed by atoms with Crippen molar-refractivity contribution in [2.45, 2.75) is 45.1 Å². The Hall–Kier alpha value is -0.830. The summed E-state index contributed by atoms with van der Waals surface area (Å²) in [7, 11) is 0. The zero-order chi connectivity index (χ0) is 13.1. The molecule has 0 radical (unpaired) electrons. The molecule has 18 heavy (non-hydrogen) atoms. The first-order chi connectivity index (χ1) is 8.61. The van der Waals surface area contributed by atoms with Crippen LogP contribution in [0.5, 0.6) is 5.88 Å². The van der Waals surface area contributed by atoms with Crippen molar-refractivity contribution >= 4 is 11.6 Å². The second-order valence-electron chi connectivity index (χ2n) is 5.23. The number of halogens is 2. The van der Waals surface area contributed by atoms with Crippen molar-refractivity contribution in [1.29, 1.82) is 0 Å². The lowest BCUT2D eigenvalue weighted by Gasteiger charge is -2.32. The first-order valence-corrected chi connectivity index (χ1v) is 7.01. The Labute approximate surface area is 113 Å². The van der Waals surface area contributed by atoms with Crippen molar-refractivity contribution < 1.29 is 9.13 Å². The average Bonchev–Trinajstić information content (AvgIpc) is 2.36. The van der Waals surface area contributed by atoms with E-state index in [0.717, 1.165) is 25.2 Å². The SMILES string of the molecule is CC1CCC(Oc2nccc(CCl)c2F)CC1C. The third-order valence-electron chi connectivity index (χ3n) is 3.91. The number of hydrogen-bond acceptors (Lipinski definition) is 2. The fourth-order valence-corrected chi connectivity index (χ4v) is 2.62. The van der Waals surface area contributed by atoms with Gasteiger partial charge in [0.05, 0.1) is 5.88 Å². The molecule has 1 aliphatic rings.